The lowest BCUT2D eigenvalue weighted by molar-refractivity contribution is 0.0996. The Balaban J connectivity index is 1.77. The van der Waals surface area contributed by atoms with E-state index in [2.05, 4.69) is 18.2 Å². The van der Waals surface area contributed by atoms with Gasteiger partial charge in [0, 0.05) is 17.5 Å². The number of Topliss-reactive ketones (excluding diaryl/α,β-unsaturated/α-hetero) is 1. The Hall–Kier alpha value is -3.00. The molecule has 0 amide bonds. The molecule has 0 fully saturated rings. The molecule has 2 nitrogen and oxygen atoms in total. The zero-order chi connectivity index (χ0) is 16.1. The van der Waals surface area contributed by atoms with Gasteiger partial charge in [0.1, 0.15) is 6.29 Å². The lowest BCUT2D eigenvalue weighted by Crippen LogP contribution is -1.97. The van der Waals surface area contributed by atoms with Gasteiger partial charge in [-0.1, -0.05) is 72.8 Å². The van der Waals surface area contributed by atoms with Crippen molar-refractivity contribution in [3.8, 4) is 0 Å². The number of benzene rings is 3. The minimum absolute atomic E-state index is 0.00480. The lowest BCUT2D eigenvalue weighted by Gasteiger charge is -2.02. The molecule has 112 valence electrons. The molecule has 0 bridgehead atoms. The van der Waals surface area contributed by atoms with Crippen LogP contribution in [0.3, 0.4) is 0 Å². The highest BCUT2D eigenvalue weighted by Crippen LogP contribution is 2.20. The van der Waals surface area contributed by atoms with Crippen molar-refractivity contribution in [1.29, 1.82) is 0 Å². The summed E-state index contributed by atoms with van der Waals surface area (Å²) in [6.45, 7) is 0. The van der Waals surface area contributed by atoms with Gasteiger partial charge in [0.25, 0.3) is 0 Å². The largest absolute Gasteiger partial charge is 0.298 e. The number of carbonyl (C=O) groups excluding carboxylic acids is 2. The summed E-state index contributed by atoms with van der Waals surface area (Å²) in [4.78, 5) is 23.0. The summed E-state index contributed by atoms with van der Waals surface area (Å²) in [5.41, 5.74) is 2.18. The number of allylic oxidation sites excluding steroid dienone is 1. The van der Waals surface area contributed by atoms with E-state index in [0.29, 0.717) is 17.5 Å². The van der Waals surface area contributed by atoms with Crippen LogP contribution in [-0.4, -0.2) is 12.1 Å². The van der Waals surface area contributed by atoms with Gasteiger partial charge in [-0.3, -0.25) is 9.59 Å². The highest BCUT2D eigenvalue weighted by molar-refractivity contribution is 5.99. The van der Waals surface area contributed by atoms with Crippen LogP contribution in [0.2, 0.25) is 0 Å². The van der Waals surface area contributed by atoms with Crippen molar-refractivity contribution in [2.75, 3.05) is 0 Å². The van der Waals surface area contributed by atoms with Crippen LogP contribution in [0.5, 0.6) is 0 Å². The van der Waals surface area contributed by atoms with Crippen molar-refractivity contribution in [3.63, 3.8) is 0 Å². The molecule has 0 aliphatic heterocycles. The minimum atomic E-state index is 0.00480. The summed E-state index contributed by atoms with van der Waals surface area (Å²) >= 11 is 0. The fourth-order valence-electron chi connectivity index (χ4n) is 2.59. The van der Waals surface area contributed by atoms with Crippen molar-refractivity contribution < 1.29 is 9.59 Å². The van der Waals surface area contributed by atoms with Gasteiger partial charge < -0.3 is 0 Å². The van der Waals surface area contributed by atoms with Crippen molar-refractivity contribution in [2.24, 2.45) is 0 Å². The highest BCUT2D eigenvalue weighted by Gasteiger charge is 2.04. The summed E-state index contributed by atoms with van der Waals surface area (Å²) in [6, 6.07) is 21.1. The minimum Gasteiger partial charge on any atom is -0.298 e. The predicted octanol–water partition coefficient (Wildman–Crippen LogP) is 4.94. The van der Waals surface area contributed by atoms with Crippen LogP contribution < -0.4 is 0 Å². The second-order valence-electron chi connectivity index (χ2n) is 5.34. The molecule has 0 atom stereocenters. The van der Waals surface area contributed by atoms with Crippen LogP contribution in [0, 0.1) is 0 Å². The summed E-state index contributed by atoms with van der Waals surface area (Å²) in [7, 11) is 0. The zero-order valence-corrected chi connectivity index (χ0v) is 12.6. The van der Waals surface area contributed by atoms with E-state index >= 15 is 0 Å². The predicted molar refractivity (Wildman–Crippen MR) is 93.8 cm³/mol. The maximum atomic E-state index is 12.2. The van der Waals surface area contributed by atoms with Crippen molar-refractivity contribution >= 4 is 28.9 Å². The summed E-state index contributed by atoms with van der Waals surface area (Å²) in [6.07, 6.45) is 4.91. The van der Waals surface area contributed by atoms with Gasteiger partial charge in [-0.05, 0) is 22.4 Å². The Morgan fingerprint density at radius 1 is 0.913 bits per heavy atom. The molecule has 0 saturated carbocycles. The molecule has 3 aromatic carbocycles. The van der Waals surface area contributed by atoms with Crippen molar-refractivity contribution in [1.82, 2.24) is 0 Å². The Bertz CT molecular complexity index is 886. The third kappa shape index (κ3) is 3.43. The molecule has 23 heavy (non-hydrogen) atoms. The van der Waals surface area contributed by atoms with E-state index < -0.39 is 0 Å². The molecule has 0 aliphatic rings. The van der Waals surface area contributed by atoms with E-state index in [1.54, 1.807) is 24.3 Å². The van der Waals surface area contributed by atoms with Crippen LogP contribution >= 0.6 is 0 Å². The monoisotopic (exact) mass is 300 g/mol. The first-order valence-corrected chi connectivity index (χ1v) is 7.51. The molecule has 0 aliphatic carbocycles. The molecule has 0 aromatic heterocycles. The number of rotatable bonds is 5. The summed E-state index contributed by atoms with van der Waals surface area (Å²) in [5.74, 6) is 0.00480. The Kier molecular flexibility index (Phi) is 4.44. The van der Waals surface area contributed by atoms with E-state index in [1.165, 1.54) is 10.8 Å². The number of hydrogen-bond acceptors (Lipinski definition) is 2. The van der Waals surface area contributed by atoms with Gasteiger partial charge >= 0.3 is 0 Å². The molecule has 0 radical (unpaired) electrons. The Morgan fingerprint density at radius 2 is 1.70 bits per heavy atom. The molecule has 3 aromatic rings. The highest BCUT2D eigenvalue weighted by atomic mass is 16.1. The Labute approximate surface area is 135 Å². The number of carbonyl (C=O) groups is 2. The summed E-state index contributed by atoms with van der Waals surface area (Å²) in [5, 5.41) is 2.35. The average Bonchev–Trinajstić information content (AvgIpc) is 2.62. The topological polar surface area (TPSA) is 34.1 Å². The fraction of sp³-hybridized carbons (Fsp3) is 0.0476. The lowest BCUT2D eigenvalue weighted by atomic mass is 10.0. The first-order chi connectivity index (χ1) is 11.3. The van der Waals surface area contributed by atoms with E-state index in [-0.39, 0.29) is 5.78 Å². The van der Waals surface area contributed by atoms with Crippen LogP contribution in [-0.2, 0) is 0 Å². The maximum Gasteiger partial charge on any atom is 0.166 e. The molecular weight excluding hydrogens is 284 g/mol. The quantitative estimate of drug-likeness (QED) is 0.494. The van der Waals surface area contributed by atoms with Crippen molar-refractivity contribution in [2.45, 2.75) is 6.42 Å². The number of hydrogen-bond donors (Lipinski definition) is 0. The fourth-order valence-corrected chi connectivity index (χ4v) is 2.59. The first kappa shape index (κ1) is 14.9. The van der Waals surface area contributed by atoms with Gasteiger partial charge in [-0.25, -0.2) is 0 Å². The van der Waals surface area contributed by atoms with Crippen LogP contribution in [0.1, 0.15) is 32.7 Å². The Morgan fingerprint density at radius 3 is 2.57 bits per heavy atom. The third-order valence-electron chi connectivity index (χ3n) is 3.77. The molecule has 0 heterocycles. The molecular formula is C21H16O2. The third-order valence-corrected chi connectivity index (χ3v) is 3.77. The zero-order valence-electron chi connectivity index (χ0n) is 12.6. The SMILES string of the molecule is O=Cc1cccc(C(=O)C/C=C/c2cccc3ccccc23)c1. The van der Waals surface area contributed by atoms with E-state index in [4.69, 9.17) is 0 Å². The van der Waals surface area contributed by atoms with Gasteiger partial charge in [0.15, 0.2) is 5.78 Å². The molecule has 0 N–H and O–H groups in total. The molecule has 0 saturated heterocycles. The number of fused-ring (bicyclic) bond motifs is 1. The molecule has 2 heteroatoms. The molecule has 0 unspecified atom stereocenters. The van der Waals surface area contributed by atoms with E-state index in [1.807, 2.05) is 36.4 Å². The average molecular weight is 300 g/mol. The van der Waals surface area contributed by atoms with Crippen LogP contribution in [0.4, 0.5) is 0 Å². The second-order valence-corrected chi connectivity index (χ2v) is 5.34. The van der Waals surface area contributed by atoms with Gasteiger partial charge in [-0.15, -0.1) is 0 Å². The van der Waals surface area contributed by atoms with Gasteiger partial charge in [-0.2, -0.15) is 0 Å². The van der Waals surface area contributed by atoms with E-state index in [0.717, 1.165) is 11.8 Å². The van der Waals surface area contributed by atoms with Gasteiger partial charge in [0.05, 0.1) is 0 Å². The molecule has 3 rings (SSSR count). The van der Waals surface area contributed by atoms with Crippen LogP contribution in [0.15, 0.2) is 72.8 Å². The standard InChI is InChI=1S/C21H16O2/c22-15-16-6-3-11-19(14-16)21(23)13-5-10-18-9-4-8-17-7-1-2-12-20(17)18/h1-12,14-15H,13H2/b10-5+. The van der Waals surface area contributed by atoms with E-state index in [9.17, 15) is 9.59 Å². The summed E-state index contributed by atoms with van der Waals surface area (Å²) < 4.78 is 0. The maximum absolute atomic E-state index is 12.2. The van der Waals surface area contributed by atoms with Crippen LogP contribution in [0.25, 0.3) is 16.8 Å². The second kappa shape index (κ2) is 6.84. The van der Waals surface area contributed by atoms with Crippen molar-refractivity contribution in [3.05, 3.63) is 89.5 Å². The number of aldehydes is 1. The van der Waals surface area contributed by atoms with Gasteiger partial charge in [0.2, 0.25) is 0 Å². The molecule has 0 spiro atoms. The normalized spacial score (nSPS) is 11.0. The smallest absolute Gasteiger partial charge is 0.166 e. The number of ketones is 1. The first-order valence-electron chi connectivity index (χ1n) is 7.51.